The molecule has 144 valence electrons. The van der Waals surface area contributed by atoms with Gasteiger partial charge in [0.05, 0.1) is 38.8 Å². The van der Waals surface area contributed by atoms with Crippen LogP contribution in [0.5, 0.6) is 11.5 Å². The zero-order valence-electron chi connectivity index (χ0n) is 15.7. The first-order valence-electron chi connectivity index (χ1n) is 8.88. The summed E-state index contributed by atoms with van der Waals surface area (Å²) in [4.78, 5) is 14.6. The second kappa shape index (κ2) is 9.14. The van der Waals surface area contributed by atoms with E-state index >= 15 is 0 Å². The van der Waals surface area contributed by atoms with Crippen molar-refractivity contribution in [1.82, 2.24) is 5.32 Å². The van der Waals surface area contributed by atoms with E-state index < -0.39 is 0 Å². The first-order valence-corrected chi connectivity index (χ1v) is 8.88. The number of nitrogens with one attached hydrogen (secondary N) is 2. The molecule has 7 heteroatoms. The average Bonchev–Trinajstić information content (AvgIpc) is 2.73. The number of morpholine rings is 1. The van der Waals surface area contributed by atoms with E-state index in [0.29, 0.717) is 31.3 Å². The smallest absolute Gasteiger partial charge is 0.319 e. The van der Waals surface area contributed by atoms with Gasteiger partial charge in [-0.05, 0) is 29.8 Å². The van der Waals surface area contributed by atoms with Crippen LogP contribution in [-0.2, 0) is 11.3 Å². The molecule has 27 heavy (non-hydrogen) atoms. The van der Waals surface area contributed by atoms with Gasteiger partial charge in [0.2, 0.25) is 0 Å². The van der Waals surface area contributed by atoms with Crippen molar-refractivity contribution >= 4 is 17.4 Å². The van der Waals surface area contributed by atoms with Crippen LogP contribution in [0.1, 0.15) is 5.56 Å². The Bertz CT molecular complexity index is 776. The minimum Gasteiger partial charge on any atom is -0.493 e. The molecule has 1 aliphatic rings. The highest BCUT2D eigenvalue weighted by molar-refractivity contribution is 5.93. The summed E-state index contributed by atoms with van der Waals surface area (Å²) in [7, 11) is 3.18. The molecule has 7 nitrogen and oxygen atoms in total. The molecule has 0 atom stereocenters. The van der Waals surface area contributed by atoms with Crippen LogP contribution in [-0.4, -0.2) is 46.6 Å². The van der Waals surface area contributed by atoms with Crippen molar-refractivity contribution < 1.29 is 19.0 Å². The van der Waals surface area contributed by atoms with Gasteiger partial charge in [-0.3, -0.25) is 0 Å². The number of hydrogen-bond acceptors (Lipinski definition) is 5. The Labute approximate surface area is 159 Å². The average molecular weight is 371 g/mol. The fourth-order valence-corrected chi connectivity index (χ4v) is 3.00. The minimum atomic E-state index is -0.259. The summed E-state index contributed by atoms with van der Waals surface area (Å²) < 4.78 is 15.9. The Kier molecular flexibility index (Phi) is 6.38. The molecule has 2 aromatic rings. The normalized spacial score (nSPS) is 13.8. The summed E-state index contributed by atoms with van der Waals surface area (Å²) in [5.74, 6) is 1.29. The molecule has 0 aromatic heterocycles. The van der Waals surface area contributed by atoms with Gasteiger partial charge in [0.15, 0.2) is 11.5 Å². The Hall–Kier alpha value is -2.93. The highest BCUT2D eigenvalue weighted by Crippen LogP contribution is 2.28. The van der Waals surface area contributed by atoms with E-state index in [0.717, 1.165) is 30.0 Å². The molecule has 1 heterocycles. The van der Waals surface area contributed by atoms with Crippen LogP contribution in [0.2, 0.25) is 0 Å². The van der Waals surface area contributed by atoms with Crippen molar-refractivity contribution in [3.63, 3.8) is 0 Å². The molecule has 2 amide bonds. The third kappa shape index (κ3) is 4.83. The quantitative estimate of drug-likeness (QED) is 0.817. The third-order valence-corrected chi connectivity index (χ3v) is 4.41. The SMILES string of the molecule is COc1ccc(CNC(=O)Nc2ccccc2N2CCOCC2)cc1OC. The van der Waals surface area contributed by atoms with Crippen molar-refractivity contribution in [1.29, 1.82) is 0 Å². The Morgan fingerprint density at radius 3 is 2.56 bits per heavy atom. The lowest BCUT2D eigenvalue weighted by molar-refractivity contribution is 0.123. The number of amides is 2. The molecule has 1 fully saturated rings. The standard InChI is InChI=1S/C20H25N3O4/c1-25-18-8-7-15(13-19(18)26-2)14-21-20(24)22-16-5-3-4-6-17(16)23-9-11-27-12-10-23/h3-8,13H,9-12,14H2,1-2H3,(H2,21,22,24). The van der Waals surface area contributed by atoms with Gasteiger partial charge >= 0.3 is 6.03 Å². The van der Waals surface area contributed by atoms with Crippen LogP contribution in [0, 0.1) is 0 Å². The fraction of sp³-hybridized carbons (Fsp3) is 0.350. The number of carbonyl (C=O) groups is 1. The van der Waals surface area contributed by atoms with Crippen molar-refractivity contribution in [3.8, 4) is 11.5 Å². The second-order valence-corrected chi connectivity index (χ2v) is 6.11. The zero-order valence-corrected chi connectivity index (χ0v) is 15.7. The van der Waals surface area contributed by atoms with Gasteiger partial charge < -0.3 is 29.7 Å². The van der Waals surface area contributed by atoms with Crippen LogP contribution in [0.4, 0.5) is 16.2 Å². The molecule has 0 spiro atoms. The number of methoxy groups -OCH3 is 2. The van der Waals surface area contributed by atoms with Crippen molar-refractivity contribution in [2.75, 3.05) is 50.7 Å². The third-order valence-electron chi connectivity index (χ3n) is 4.41. The molecule has 3 rings (SSSR count). The van der Waals surface area contributed by atoms with Crippen LogP contribution >= 0.6 is 0 Å². The van der Waals surface area contributed by atoms with Crippen LogP contribution in [0.25, 0.3) is 0 Å². The Balaban J connectivity index is 1.61. The maximum atomic E-state index is 12.4. The van der Waals surface area contributed by atoms with Crippen LogP contribution < -0.4 is 25.0 Å². The van der Waals surface area contributed by atoms with E-state index in [1.54, 1.807) is 14.2 Å². The summed E-state index contributed by atoms with van der Waals surface area (Å²) in [6.45, 7) is 3.39. The lowest BCUT2D eigenvalue weighted by Crippen LogP contribution is -2.37. The molecular weight excluding hydrogens is 346 g/mol. The number of anilines is 2. The molecular formula is C20H25N3O4. The molecule has 0 saturated carbocycles. The van der Waals surface area contributed by atoms with Crippen molar-refractivity contribution in [2.45, 2.75) is 6.54 Å². The zero-order chi connectivity index (χ0) is 19.1. The molecule has 0 bridgehead atoms. The monoisotopic (exact) mass is 371 g/mol. The van der Waals surface area contributed by atoms with Gasteiger partial charge in [-0.2, -0.15) is 0 Å². The number of hydrogen-bond donors (Lipinski definition) is 2. The fourth-order valence-electron chi connectivity index (χ4n) is 3.00. The first kappa shape index (κ1) is 18.8. The molecule has 2 N–H and O–H groups in total. The van der Waals surface area contributed by atoms with E-state index in [4.69, 9.17) is 14.2 Å². The van der Waals surface area contributed by atoms with E-state index in [1.807, 2.05) is 42.5 Å². The summed E-state index contributed by atoms with van der Waals surface area (Å²) >= 11 is 0. The lowest BCUT2D eigenvalue weighted by atomic mass is 10.2. The highest BCUT2D eigenvalue weighted by Gasteiger charge is 2.15. The number of rotatable bonds is 6. The number of benzene rings is 2. The maximum absolute atomic E-state index is 12.4. The first-order chi connectivity index (χ1) is 13.2. The topological polar surface area (TPSA) is 72.1 Å². The lowest BCUT2D eigenvalue weighted by Gasteiger charge is -2.30. The molecule has 0 unspecified atom stereocenters. The molecule has 2 aromatic carbocycles. The summed E-state index contributed by atoms with van der Waals surface area (Å²) in [6, 6.07) is 13.1. The maximum Gasteiger partial charge on any atom is 0.319 e. The van der Waals surface area contributed by atoms with E-state index in [-0.39, 0.29) is 6.03 Å². The molecule has 1 saturated heterocycles. The number of urea groups is 1. The van der Waals surface area contributed by atoms with Crippen molar-refractivity contribution in [3.05, 3.63) is 48.0 Å². The molecule has 1 aliphatic heterocycles. The van der Waals surface area contributed by atoms with Gasteiger partial charge in [0, 0.05) is 19.6 Å². The van der Waals surface area contributed by atoms with Gasteiger partial charge in [-0.25, -0.2) is 4.79 Å². The Morgan fingerprint density at radius 1 is 1.07 bits per heavy atom. The summed E-state index contributed by atoms with van der Waals surface area (Å²) in [5, 5.41) is 5.82. The van der Waals surface area contributed by atoms with Crippen LogP contribution in [0.3, 0.4) is 0 Å². The molecule has 0 radical (unpaired) electrons. The van der Waals surface area contributed by atoms with E-state index in [1.165, 1.54) is 0 Å². The number of carbonyl (C=O) groups excluding carboxylic acids is 1. The summed E-state index contributed by atoms with van der Waals surface area (Å²) in [5.41, 5.74) is 2.70. The summed E-state index contributed by atoms with van der Waals surface area (Å²) in [6.07, 6.45) is 0. The Morgan fingerprint density at radius 2 is 1.81 bits per heavy atom. The van der Waals surface area contributed by atoms with Gasteiger partial charge in [0.25, 0.3) is 0 Å². The number of para-hydroxylation sites is 2. The predicted molar refractivity (Wildman–Crippen MR) is 105 cm³/mol. The van der Waals surface area contributed by atoms with E-state index in [9.17, 15) is 4.79 Å². The van der Waals surface area contributed by atoms with E-state index in [2.05, 4.69) is 15.5 Å². The largest absolute Gasteiger partial charge is 0.493 e. The number of ether oxygens (including phenoxy) is 3. The predicted octanol–water partition coefficient (Wildman–Crippen LogP) is 2.86. The van der Waals surface area contributed by atoms with Crippen LogP contribution in [0.15, 0.2) is 42.5 Å². The van der Waals surface area contributed by atoms with Crippen molar-refractivity contribution in [2.24, 2.45) is 0 Å². The number of nitrogens with zero attached hydrogens (tertiary/aromatic N) is 1. The van der Waals surface area contributed by atoms with Gasteiger partial charge in [-0.15, -0.1) is 0 Å². The molecule has 0 aliphatic carbocycles. The van der Waals surface area contributed by atoms with Gasteiger partial charge in [-0.1, -0.05) is 18.2 Å². The highest BCUT2D eigenvalue weighted by atomic mass is 16.5. The second-order valence-electron chi connectivity index (χ2n) is 6.11. The van der Waals surface area contributed by atoms with Gasteiger partial charge in [0.1, 0.15) is 0 Å². The minimum absolute atomic E-state index is 0.259.